The lowest BCUT2D eigenvalue weighted by molar-refractivity contribution is 0.414. The Morgan fingerprint density at radius 3 is 1.82 bits per heavy atom. The fraction of sp³-hybridized carbons (Fsp3) is 0.750. The molecule has 0 aromatic carbocycles. The zero-order valence-electron chi connectivity index (χ0n) is 6.31. The van der Waals surface area contributed by atoms with Crippen LogP contribution >= 0.6 is 11.6 Å². The highest BCUT2D eigenvalue weighted by Gasteiger charge is 2.11. The summed E-state index contributed by atoms with van der Waals surface area (Å²) < 4.78 is 0. The molecule has 1 aliphatic carbocycles. The zero-order valence-corrected chi connectivity index (χ0v) is 7.06. The van der Waals surface area contributed by atoms with E-state index in [4.69, 9.17) is 4.79 Å². The molecular weight excluding hydrogens is 164 g/mol. The molecule has 0 aromatic heterocycles. The van der Waals surface area contributed by atoms with Gasteiger partial charge in [0, 0.05) is 5.92 Å². The van der Waals surface area contributed by atoms with Gasteiger partial charge in [-0.2, -0.15) is 0 Å². The van der Waals surface area contributed by atoms with Gasteiger partial charge in [-0.05, 0) is 24.4 Å². The second-order valence-electron chi connectivity index (χ2n) is 2.53. The van der Waals surface area contributed by atoms with Crippen LogP contribution in [0.1, 0.15) is 32.1 Å². The van der Waals surface area contributed by atoms with Crippen LogP contribution < -0.4 is 0 Å². The first-order valence-electron chi connectivity index (χ1n) is 3.70. The molecule has 0 spiro atoms. The van der Waals surface area contributed by atoms with Crippen molar-refractivity contribution in [1.29, 1.82) is 0 Å². The SMILES string of the molecule is O=[C]C1CCCCC1.O=[C]Cl. The van der Waals surface area contributed by atoms with E-state index in [1.165, 1.54) is 19.3 Å². The van der Waals surface area contributed by atoms with Gasteiger partial charge in [0.1, 0.15) is 0 Å². The number of halogens is 1. The third kappa shape index (κ3) is 6.05. The van der Waals surface area contributed by atoms with Gasteiger partial charge in [-0.1, -0.05) is 19.3 Å². The third-order valence-electron chi connectivity index (χ3n) is 1.77. The van der Waals surface area contributed by atoms with Gasteiger partial charge in [0.25, 0.3) is 0 Å². The molecule has 0 heterocycles. The van der Waals surface area contributed by atoms with Crippen molar-refractivity contribution in [2.45, 2.75) is 32.1 Å². The molecular formula is C8H11ClO2. The second-order valence-corrected chi connectivity index (χ2v) is 2.68. The maximum atomic E-state index is 10.0. The monoisotopic (exact) mass is 174 g/mol. The molecule has 2 radical (unpaired) electrons. The van der Waals surface area contributed by atoms with Gasteiger partial charge < -0.3 is 0 Å². The quantitative estimate of drug-likeness (QED) is 0.570. The average molecular weight is 175 g/mol. The smallest absolute Gasteiger partial charge is 0.291 e. The predicted molar refractivity (Wildman–Crippen MR) is 43.8 cm³/mol. The van der Waals surface area contributed by atoms with Gasteiger partial charge in [-0.3, -0.25) is 9.59 Å². The molecule has 1 fully saturated rings. The summed E-state index contributed by atoms with van der Waals surface area (Å²) in [7, 11) is 0. The lowest BCUT2D eigenvalue weighted by Crippen LogP contribution is -2.06. The van der Waals surface area contributed by atoms with Gasteiger partial charge in [-0.25, -0.2) is 0 Å². The van der Waals surface area contributed by atoms with E-state index in [0.717, 1.165) is 18.6 Å². The summed E-state index contributed by atoms with van der Waals surface area (Å²) in [6.45, 7) is 0. The summed E-state index contributed by atoms with van der Waals surface area (Å²) in [4.78, 5) is 18.5. The highest BCUT2D eigenvalue weighted by molar-refractivity contribution is 6.54. The third-order valence-corrected chi connectivity index (χ3v) is 1.77. The van der Waals surface area contributed by atoms with E-state index < -0.39 is 0 Å². The standard InChI is InChI=1S/C7H11O.CClO/c8-6-7-4-2-1-3-5-7;2-1-3/h7H,1-5H2;. The summed E-state index contributed by atoms with van der Waals surface area (Å²) in [6.07, 6.45) is 8.02. The van der Waals surface area contributed by atoms with Gasteiger partial charge in [0.05, 0.1) is 0 Å². The molecule has 0 bridgehead atoms. The minimum Gasteiger partial charge on any atom is -0.291 e. The number of hydrogen-bond donors (Lipinski definition) is 0. The van der Waals surface area contributed by atoms with Crippen molar-refractivity contribution >= 4 is 23.6 Å². The van der Waals surface area contributed by atoms with E-state index in [2.05, 4.69) is 17.9 Å². The van der Waals surface area contributed by atoms with E-state index in [0.29, 0.717) is 0 Å². The molecule has 1 saturated carbocycles. The van der Waals surface area contributed by atoms with Gasteiger partial charge in [0.2, 0.25) is 6.29 Å². The molecule has 0 unspecified atom stereocenters. The van der Waals surface area contributed by atoms with Crippen LogP contribution in [0.2, 0.25) is 0 Å². The molecule has 0 saturated heterocycles. The summed E-state index contributed by atoms with van der Waals surface area (Å²) in [6, 6.07) is 0. The first kappa shape index (κ1) is 10.6. The van der Waals surface area contributed by atoms with Gasteiger partial charge >= 0.3 is 5.75 Å². The Labute approximate surface area is 71.9 Å². The van der Waals surface area contributed by atoms with Crippen molar-refractivity contribution in [2.24, 2.45) is 5.92 Å². The normalized spacial score (nSPS) is 17.9. The topological polar surface area (TPSA) is 34.1 Å². The van der Waals surface area contributed by atoms with E-state index in [-0.39, 0.29) is 5.92 Å². The van der Waals surface area contributed by atoms with Crippen LogP contribution in [0.3, 0.4) is 0 Å². The van der Waals surface area contributed by atoms with Crippen LogP contribution in [0.25, 0.3) is 0 Å². The van der Waals surface area contributed by atoms with Crippen LogP contribution in [0.4, 0.5) is 0 Å². The Kier molecular flexibility index (Phi) is 7.47. The Hall–Kier alpha value is -0.370. The molecule has 62 valence electrons. The van der Waals surface area contributed by atoms with Crippen LogP contribution in [0.15, 0.2) is 0 Å². The summed E-state index contributed by atoms with van der Waals surface area (Å²) in [5.74, 6) is 1.25. The summed E-state index contributed by atoms with van der Waals surface area (Å²) >= 11 is 4.19. The maximum absolute atomic E-state index is 10.0. The van der Waals surface area contributed by atoms with Crippen molar-refractivity contribution in [1.82, 2.24) is 0 Å². The van der Waals surface area contributed by atoms with E-state index >= 15 is 0 Å². The minimum absolute atomic E-state index is 0.281. The second kappa shape index (κ2) is 7.73. The van der Waals surface area contributed by atoms with Crippen LogP contribution in [0, 0.1) is 5.92 Å². The summed E-state index contributed by atoms with van der Waals surface area (Å²) in [5.41, 5.74) is 0. The molecule has 0 N–H and O–H groups in total. The Morgan fingerprint density at radius 2 is 1.55 bits per heavy atom. The van der Waals surface area contributed by atoms with Crippen molar-refractivity contribution in [3.8, 4) is 0 Å². The van der Waals surface area contributed by atoms with E-state index in [1.54, 1.807) is 0 Å². The fourth-order valence-electron chi connectivity index (χ4n) is 1.22. The first-order valence-corrected chi connectivity index (χ1v) is 4.08. The van der Waals surface area contributed by atoms with Crippen LogP contribution in [-0.4, -0.2) is 12.0 Å². The number of rotatable bonds is 1. The number of carbonyl (C=O) groups excluding carboxylic acids is 2. The molecule has 0 aliphatic heterocycles. The van der Waals surface area contributed by atoms with Crippen molar-refractivity contribution < 1.29 is 9.59 Å². The molecule has 2 nitrogen and oxygen atoms in total. The maximum Gasteiger partial charge on any atom is 0.304 e. The van der Waals surface area contributed by atoms with Crippen LogP contribution in [0.5, 0.6) is 0 Å². The minimum atomic E-state index is 0.281. The highest BCUT2D eigenvalue weighted by atomic mass is 35.5. The molecule has 1 rings (SSSR count). The lowest BCUT2D eigenvalue weighted by atomic mass is 9.91. The van der Waals surface area contributed by atoms with Gasteiger partial charge in [-0.15, -0.1) is 0 Å². The Morgan fingerprint density at radius 1 is 1.09 bits per heavy atom. The molecule has 11 heavy (non-hydrogen) atoms. The van der Waals surface area contributed by atoms with E-state index in [1.807, 2.05) is 0 Å². The highest BCUT2D eigenvalue weighted by Crippen LogP contribution is 2.21. The average Bonchev–Trinajstić information content (AvgIpc) is 2.08. The Balaban J connectivity index is 0.000000292. The fourth-order valence-corrected chi connectivity index (χ4v) is 1.22. The van der Waals surface area contributed by atoms with Crippen LogP contribution in [-0.2, 0) is 9.59 Å². The molecule has 0 atom stereocenters. The van der Waals surface area contributed by atoms with E-state index in [9.17, 15) is 4.79 Å². The Bertz CT molecular complexity index is 109. The summed E-state index contributed by atoms with van der Waals surface area (Å²) in [5, 5.41) is 0. The zero-order chi connectivity index (χ0) is 8.53. The largest absolute Gasteiger partial charge is 0.304 e. The lowest BCUT2D eigenvalue weighted by Gasteiger charge is -2.13. The molecule has 3 heteroatoms. The molecule has 0 amide bonds. The van der Waals surface area contributed by atoms with Crippen molar-refractivity contribution in [3.05, 3.63) is 0 Å². The first-order chi connectivity index (χ1) is 5.35. The van der Waals surface area contributed by atoms with Crippen molar-refractivity contribution in [3.63, 3.8) is 0 Å². The predicted octanol–water partition coefficient (Wildman–Crippen LogP) is 1.97. The molecule has 1 aliphatic rings. The van der Waals surface area contributed by atoms with Crippen molar-refractivity contribution in [2.75, 3.05) is 0 Å². The van der Waals surface area contributed by atoms with Gasteiger partial charge in [0.15, 0.2) is 0 Å². The number of hydrogen-bond acceptors (Lipinski definition) is 2. The molecule has 0 aromatic rings.